The van der Waals surface area contributed by atoms with E-state index in [1.165, 1.54) is 75.5 Å². The molecule has 0 radical (unpaired) electrons. The number of hydrogen-bond acceptors (Lipinski definition) is 2. The molecule has 1 nitrogen and oxygen atoms in total. The SMILES string of the molecule is c1ccc(-c2ccc(N(c3ccccc3-c3ccccc3-c3cccc4ccccc34)c3ccccc3-c3cccc4c3sc3ccccc34)cc2)cc1. The molecule has 1 aromatic heterocycles. The molecule has 0 fully saturated rings. The first kappa shape index (κ1) is 32.0. The van der Waals surface area contributed by atoms with Crippen molar-refractivity contribution in [3.63, 3.8) is 0 Å². The van der Waals surface area contributed by atoms with E-state index in [0.29, 0.717) is 0 Å². The van der Waals surface area contributed by atoms with Crippen molar-refractivity contribution < 1.29 is 0 Å². The normalized spacial score (nSPS) is 11.3. The van der Waals surface area contributed by atoms with Gasteiger partial charge in [-0.15, -0.1) is 11.3 Å². The number of rotatable bonds is 7. The summed E-state index contributed by atoms with van der Waals surface area (Å²) < 4.78 is 2.61. The summed E-state index contributed by atoms with van der Waals surface area (Å²) in [5, 5.41) is 5.09. The number of para-hydroxylation sites is 2. The van der Waals surface area contributed by atoms with Crippen LogP contribution in [0.3, 0.4) is 0 Å². The van der Waals surface area contributed by atoms with E-state index in [2.05, 4.69) is 217 Å². The summed E-state index contributed by atoms with van der Waals surface area (Å²) in [6, 6.07) is 77.1. The quantitative estimate of drug-likeness (QED) is 0.160. The summed E-state index contributed by atoms with van der Waals surface area (Å²) >= 11 is 1.88. The molecule has 0 N–H and O–H groups in total. The van der Waals surface area contributed by atoms with Gasteiger partial charge in [0.15, 0.2) is 0 Å². The van der Waals surface area contributed by atoms with Crippen LogP contribution < -0.4 is 4.90 Å². The van der Waals surface area contributed by atoms with Gasteiger partial charge in [0.05, 0.1) is 11.4 Å². The number of benzene rings is 9. The molecule has 9 aromatic carbocycles. The molecule has 0 saturated carbocycles. The lowest BCUT2D eigenvalue weighted by atomic mass is 9.90. The van der Waals surface area contributed by atoms with E-state index < -0.39 is 0 Å². The number of fused-ring (bicyclic) bond motifs is 4. The van der Waals surface area contributed by atoms with Crippen molar-refractivity contribution in [3.8, 4) is 44.5 Å². The molecule has 2 heteroatoms. The summed E-state index contributed by atoms with van der Waals surface area (Å²) in [6.07, 6.45) is 0. The molecule has 0 saturated heterocycles. The van der Waals surface area contributed by atoms with Crippen LogP contribution in [0.5, 0.6) is 0 Å². The topological polar surface area (TPSA) is 3.24 Å². The summed E-state index contributed by atoms with van der Waals surface area (Å²) in [6.45, 7) is 0. The van der Waals surface area contributed by atoms with Crippen LogP contribution in [-0.4, -0.2) is 0 Å². The molecule has 0 aliphatic rings. The third-order valence-corrected chi connectivity index (χ3v) is 11.7. The Hall–Kier alpha value is -6.74. The van der Waals surface area contributed by atoms with Crippen molar-refractivity contribution in [1.29, 1.82) is 0 Å². The van der Waals surface area contributed by atoms with Crippen molar-refractivity contribution in [2.45, 2.75) is 0 Å². The van der Waals surface area contributed by atoms with Gasteiger partial charge in [-0.3, -0.25) is 0 Å². The number of anilines is 3. The maximum atomic E-state index is 2.46. The second kappa shape index (κ2) is 13.7. The molecule has 10 rings (SSSR count). The predicted octanol–water partition coefficient (Wildman–Crippen LogP) is 15.3. The largest absolute Gasteiger partial charge is 0.309 e. The first-order valence-corrected chi connectivity index (χ1v) is 19.3. The molecular formula is C52H35NS. The van der Waals surface area contributed by atoms with E-state index in [1.807, 2.05) is 11.3 Å². The van der Waals surface area contributed by atoms with Crippen LogP contribution in [0.15, 0.2) is 212 Å². The van der Waals surface area contributed by atoms with Gasteiger partial charge < -0.3 is 4.90 Å². The van der Waals surface area contributed by atoms with Gasteiger partial charge in [-0.05, 0) is 68.9 Å². The Balaban J connectivity index is 1.21. The maximum absolute atomic E-state index is 2.46. The zero-order valence-electron chi connectivity index (χ0n) is 29.6. The van der Waals surface area contributed by atoms with Crippen LogP contribution in [-0.2, 0) is 0 Å². The zero-order chi connectivity index (χ0) is 35.8. The maximum Gasteiger partial charge on any atom is 0.0540 e. The van der Waals surface area contributed by atoms with Gasteiger partial charge in [-0.2, -0.15) is 0 Å². The van der Waals surface area contributed by atoms with E-state index >= 15 is 0 Å². The zero-order valence-corrected chi connectivity index (χ0v) is 30.4. The van der Waals surface area contributed by atoms with Crippen LogP contribution in [0.2, 0.25) is 0 Å². The Morgan fingerprint density at radius 2 is 0.778 bits per heavy atom. The minimum absolute atomic E-state index is 1.10. The average Bonchev–Trinajstić information content (AvgIpc) is 3.64. The molecule has 54 heavy (non-hydrogen) atoms. The van der Waals surface area contributed by atoms with Crippen molar-refractivity contribution in [2.75, 3.05) is 4.90 Å². The molecule has 0 aliphatic heterocycles. The van der Waals surface area contributed by atoms with E-state index in [0.717, 1.165) is 17.1 Å². The fourth-order valence-corrected chi connectivity index (χ4v) is 9.24. The second-order valence-corrected chi connectivity index (χ2v) is 14.7. The minimum Gasteiger partial charge on any atom is -0.309 e. The van der Waals surface area contributed by atoms with E-state index in [9.17, 15) is 0 Å². The molecule has 0 aliphatic carbocycles. The van der Waals surface area contributed by atoms with Crippen molar-refractivity contribution in [2.24, 2.45) is 0 Å². The van der Waals surface area contributed by atoms with Gasteiger partial charge >= 0.3 is 0 Å². The van der Waals surface area contributed by atoms with Crippen molar-refractivity contribution in [1.82, 2.24) is 0 Å². The lowest BCUT2D eigenvalue weighted by Gasteiger charge is -2.30. The smallest absolute Gasteiger partial charge is 0.0540 e. The van der Waals surface area contributed by atoms with E-state index in [1.54, 1.807) is 0 Å². The number of hydrogen-bond donors (Lipinski definition) is 0. The van der Waals surface area contributed by atoms with Crippen LogP contribution >= 0.6 is 11.3 Å². The van der Waals surface area contributed by atoms with Gasteiger partial charge in [0.2, 0.25) is 0 Å². The molecule has 0 unspecified atom stereocenters. The lowest BCUT2D eigenvalue weighted by molar-refractivity contribution is 1.28. The Morgan fingerprint density at radius 1 is 0.296 bits per heavy atom. The monoisotopic (exact) mass is 705 g/mol. The highest BCUT2D eigenvalue weighted by Gasteiger charge is 2.23. The number of thiophene rings is 1. The third kappa shape index (κ3) is 5.56. The molecule has 0 atom stereocenters. The van der Waals surface area contributed by atoms with Crippen LogP contribution in [0.25, 0.3) is 75.5 Å². The molecular weight excluding hydrogens is 671 g/mol. The second-order valence-electron chi connectivity index (χ2n) is 13.6. The fourth-order valence-electron chi connectivity index (χ4n) is 8.01. The first-order chi connectivity index (χ1) is 26.8. The highest BCUT2D eigenvalue weighted by atomic mass is 32.1. The minimum atomic E-state index is 1.10. The predicted molar refractivity (Wildman–Crippen MR) is 233 cm³/mol. The highest BCUT2D eigenvalue weighted by molar-refractivity contribution is 7.26. The summed E-state index contributed by atoms with van der Waals surface area (Å²) in [4.78, 5) is 2.46. The van der Waals surface area contributed by atoms with Gasteiger partial charge in [0.1, 0.15) is 0 Å². The molecule has 1 heterocycles. The highest BCUT2D eigenvalue weighted by Crippen LogP contribution is 2.49. The van der Waals surface area contributed by atoms with E-state index in [-0.39, 0.29) is 0 Å². The van der Waals surface area contributed by atoms with Gasteiger partial charge in [-0.1, -0.05) is 182 Å². The molecule has 0 bridgehead atoms. The van der Waals surface area contributed by atoms with Crippen LogP contribution in [0.1, 0.15) is 0 Å². The fraction of sp³-hybridized carbons (Fsp3) is 0. The Kier molecular flexibility index (Phi) is 8.09. The Morgan fingerprint density at radius 3 is 1.54 bits per heavy atom. The molecule has 0 amide bonds. The number of nitrogens with zero attached hydrogens (tertiary/aromatic N) is 1. The van der Waals surface area contributed by atoms with Gasteiger partial charge in [0.25, 0.3) is 0 Å². The van der Waals surface area contributed by atoms with Crippen molar-refractivity contribution >= 4 is 59.3 Å². The standard InChI is InChI=1S/C52H35NS/c1-2-16-36(17-3-1)37-32-34-39(35-33-37)53(50-30-12-9-24-45(50)47-27-15-28-48-46-25-10-13-31-51(46)54-52(47)48)49-29-11-8-23-44(49)43-22-7-6-21-42(43)41-26-14-19-38-18-4-5-20-40(38)41/h1-35H. The van der Waals surface area contributed by atoms with Crippen LogP contribution in [0, 0.1) is 0 Å². The Bertz CT molecular complexity index is 2930. The van der Waals surface area contributed by atoms with Gasteiger partial charge in [-0.25, -0.2) is 0 Å². The van der Waals surface area contributed by atoms with Gasteiger partial charge in [0, 0.05) is 42.6 Å². The summed E-state index contributed by atoms with van der Waals surface area (Å²) in [5.41, 5.74) is 13.0. The third-order valence-electron chi connectivity index (χ3n) is 10.5. The Labute approximate surface area is 319 Å². The summed E-state index contributed by atoms with van der Waals surface area (Å²) in [5.74, 6) is 0. The van der Waals surface area contributed by atoms with Crippen molar-refractivity contribution in [3.05, 3.63) is 212 Å². The van der Waals surface area contributed by atoms with Crippen LogP contribution in [0.4, 0.5) is 17.1 Å². The van der Waals surface area contributed by atoms with E-state index in [4.69, 9.17) is 0 Å². The molecule has 254 valence electrons. The molecule has 0 spiro atoms. The lowest BCUT2D eigenvalue weighted by Crippen LogP contribution is -2.12. The molecule has 10 aromatic rings. The first-order valence-electron chi connectivity index (χ1n) is 18.4. The average molecular weight is 706 g/mol. The summed E-state index contributed by atoms with van der Waals surface area (Å²) in [7, 11) is 0.